The van der Waals surface area contributed by atoms with Crippen LogP contribution in [0.1, 0.15) is 13.8 Å². The molecule has 2 N–H and O–H groups in total. The van der Waals surface area contributed by atoms with E-state index in [2.05, 4.69) is 29.4 Å². The van der Waals surface area contributed by atoms with Gasteiger partial charge in [-0.1, -0.05) is 43.1 Å². The third-order valence-corrected chi connectivity index (χ3v) is 3.24. The van der Waals surface area contributed by atoms with E-state index in [1.165, 1.54) is 0 Å². The maximum atomic E-state index is 5.99. The van der Waals surface area contributed by atoms with Gasteiger partial charge in [-0.3, -0.25) is 5.10 Å². The number of rotatable bonds is 4. The monoisotopic (exact) mass is 283 g/mol. The summed E-state index contributed by atoms with van der Waals surface area (Å²) in [4.78, 5) is 0. The molecular weight excluding hydrogens is 269 g/mol. The van der Waals surface area contributed by atoms with Crippen molar-refractivity contribution in [2.75, 3.05) is 11.9 Å². The summed E-state index contributed by atoms with van der Waals surface area (Å²) in [5, 5.41) is 11.5. The van der Waals surface area contributed by atoms with Crippen molar-refractivity contribution in [1.29, 1.82) is 0 Å². The van der Waals surface area contributed by atoms with Gasteiger partial charge >= 0.3 is 0 Å². The van der Waals surface area contributed by atoms with Crippen molar-refractivity contribution in [1.82, 2.24) is 10.2 Å². The van der Waals surface area contributed by atoms with Crippen LogP contribution >= 0.6 is 23.2 Å². The second-order valence-electron chi connectivity index (χ2n) is 4.57. The first-order valence-corrected chi connectivity index (χ1v) is 6.56. The van der Waals surface area contributed by atoms with E-state index in [-0.39, 0.29) is 0 Å². The van der Waals surface area contributed by atoms with Gasteiger partial charge in [0, 0.05) is 18.2 Å². The molecule has 0 atom stereocenters. The van der Waals surface area contributed by atoms with Crippen molar-refractivity contribution in [2.45, 2.75) is 13.8 Å². The largest absolute Gasteiger partial charge is 0.368 e. The van der Waals surface area contributed by atoms with Gasteiger partial charge in [0.05, 0.1) is 15.7 Å². The minimum Gasteiger partial charge on any atom is -0.368 e. The molecule has 96 valence electrons. The number of H-pyrrole nitrogens is 1. The number of aromatic amines is 1. The van der Waals surface area contributed by atoms with Gasteiger partial charge in [0.2, 0.25) is 0 Å². The Morgan fingerprint density at radius 1 is 1.22 bits per heavy atom. The third-order valence-electron chi connectivity index (χ3n) is 2.50. The van der Waals surface area contributed by atoms with Crippen LogP contribution in [0.25, 0.3) is 11.3 Å². The Balaban J connectivity index is 2.16. The van der Waals surface area contributed by atoms with E-state index in [0.717, 1.165) is 23.6 Å². The number of halogens is 2. The molecule has 2 rings (SSSR count). The fourth-order valence-corrected chi connectivity index (χ4v) is 1.83. The van der Waals surface area contributed by atoms with Gasteiger partial charge in [-0.05, 0) is 18.1 Å². The number of benzene rings is 1. The average molecular weight is 284 g/mol. The van der Waals surface area contributed by atoms with Crippen LogP contribution in [0.4, 0.5) is 5.82 Å². The predicted molar refractivity (Wildman–Crippen MR) is 77.4 cm³/mol. The maximum Gasteiger partial charge on any atom is 0.148 e. The van der Waals surface area contributed by atoms with Gasteiger partial charge in [0.1, 0.15) is 5.82 Å². The van der Waals surface area contributed by atoms with Crippen LogP contribution in [0.2, 0.25) is 10.0 Å². The molecule has 18 heavy (non-hydrogen) atoms. The van der Waals surface area contributed by atoms with Crippen molar-refractivity contribution in [3.05, 3.63) is 34.3 Å². The molecule has 5 heteroatoms. The zero-order chi connectivity index (χ0) is 13.1. The molecule has 0 fully saturated rings. The Labute approximate surface area is 117 Å². The minimum absolute atomic E-state index is 0.542. The molecule has 0 aliphatic heterocycles. The highest BCUT2D eigenvalue weighted by atomic mass is 35.5. The number of aromatic nitrogens is 2. The van der Waals surface area contributed by atoms with Crippen LogP contribution in [0.5, 0.6) is 0 Å². The van der Waals surface area contributed by atoms with E-state index in [4.69, 9.17) is 23.2 Å². The highest BCUT2D eigenvalue weighted by Gasteiger charge is 2.06. The molecule has 0 bridgehead atoms. The van der Waals surface area contributed by atoms with Crippen LogP contribution in [0.3, 0.4) is 0 Å². The Kier molecular flexibility index (Phi) is 4.15. The summed E-state index contributed by atoms with van der Waals surface area (Å²) in [6.07, 6.45) is 0. The van der Waals surface area contributed by atoms with Gasteiger partial charge < -0.3 is 5.32 Å². The summed E-state index contributed by atoms with van der Waals surface area (Å²) >= 11 is 11.9. The van der Waals surface area contributed by atoms with Gasteiger partial charge in [-0.25, -0.2) is 0 Å². The molecular formula is C13H15Cl2N3. The quantitative estimate of drug-likeness (QED) is 0.870. The molecule has 3 nitrogen and oxygen atoms in total. The van der Waals surface area contributed by atoms with E-state index in [1.54, 1.807) is 6.07 Å². The number of nitrogens with zero attached hydrogens (tertiary/aromatic N) is 1. The molecule has 0 spiro atoms. The van der Waals surface area contributed by atoms with Crippen LogP contribution in [0.15, 0.2) is 24.3 Å². The van der Waals surface area contributed by atoms with Crippen molar-refractivity contribution < 1.29 is 0 Å². The third kappa shape index (κ3) is 3.18. The van der Waals surface area contributed by atoms with Gasteiger partial charge in [-0.15, -0.1) is 0 Å². The van der Waals surface area contributed by atoms with Gasteiger partial charge in [0.15, 0.2) is 0 Å². The Bertz CT molecular complexity index is 535. The standard InChI is InChI=1S/C13H15Cl2N3/c1-8(2)7-16-13-6-12(17-18-13)9-3-4-10(14)11(15)5-9/h3-6,8H,7H2,1-2H3,(H2,16,17,18). The van der Waals surface area contributed by atoms with E-state index >= 15 is 0 Å². The maximum absolute atomic E-state index is 5.99. The first kappa shape index (κ1) is 13.2. The zero-order valence-corrected chi connectivity index (χ0v) is 11.8. The molecule has 0 unspecified atom stereocenters. The predicted octanol–water partition coefficient (Wildman–Crippen LogP) is 4.45. The summed E-state index contributed by atoms with van der Waals surface area (Å²) < 4.78 is 0. The Hall–Kier alpha value is -1.19. The summed E-state index contributed by atoms with van der Waals surface area (Å²) in [6, 6.07) is 7.47. The van der Waals surface area contributed by atoms with Crippen LogP contribution in [0, 0.1) is 5.92 Å². The van der Waals surface area contributed by atoms with Gasteiger partial charge in [-0.2, -0.15) is 5.10 Å². The molecule has 2 aromatic rings. The molecule has 1 aromatic heterocycles. The molecule has 0 aliphatic carbocycles. The van der Waals surface area contributed by atoms with E-state index in [1.807, 2.05) is 18.2 Å². The zero-order valence-electron chi connectivity index (χ0n) is 10.3. The van der Waals surface area contributed by atoms with Gasteiger partial charge in [0.25, 0.3) is 0 Å². The highest BCUT2D eigenvalue weighted by Crippen LogP contribution is 2.28. The Morgan fingerprint density at radius 3 is 2.67 bits per heavy atom. The lowest BCUT2D eigenvalue weighted by Crippen LogP contribution is -2.07. The van der Waals surface area contributed by atoms with Crippen molar-refractivity contribution in [3.8, 4) is 11.3 Å². The number of hydrogen-bond donors (Lipinski definition) is 2. The SMILES string of the molecule is CC(C)CNc1cc(-c2ccc(Cl)c(Cl)c2)[nH]n1. The minimum atomic E-state index is 0.542. The summed E-state index contributed by atoms with van der Waals surface area (Å²) in [7, 11) is 0. The van der Waals surface area contributed by atoms with Crippen LogP contribution in [-0.2, 0) is 0 Å². The van der Waals surface area contributed by atoms with E-state index in [0.29, 0.717) is 16.0 Å². The van der Waals surface area contributed by atoms with Crippen LogP contribution < -0.4 is 5.32 Å². The average Bonchev–Trinajstić information content (AvgIpc) is 2.79. The van der Waals surface area contributed by atoms with Crippen molar-refractivity contribution in [3.63, 3.8) is 0 Å². The molecule has 0 saturated carbocycles. The van der Waals surface area contributed by atoms with E-state index < -0.39 is 0 Å². The van der Waals surface area contributed by atoms with Crippen molar-refractivity contribution in [2.24, 2.45) is 5.92 Å². The first-order chi connectivity index (χ1) is 8.56. The topological polar surface area (TPSA) is 40.7 Å². The smallest absolute Gasteiger partial charge is 0.148 e. The molecule has 0 radical (unpaired) electrons. The second kappa shape index (κ2) is 5.63. The highest BCUT2D eigenvalue weighted by molar-refractivity contribution is 6.42. The van der Waals surface area contributed by atoms with E-state index in [9.17, 15) is 0 Å². The number of hydrogen-bond acceptors (Lipinski definition) is 2. The van der Waals surface area contributed by atoms with Crippen LogP contribution in [-0.4, -0.2) is 16.7 Å². The lowest BCUT2D eigenvalue weighted by molar-refractivity contribution is 0.687. The van der Waals surface area contributed by atoms with Crippen molar-refractivity contribution >= 4 is 29.0 Å². The molecule has 1 heterocycles. The fourth-order valence-electron chi connectivity index (χ4n) is 1.53. The molecule has 1 aromatic carbocycles. The molecule has 0 amide bonds. The second-order valence-corrected chi connectivity index (χ2v) is 5.38. The number of anilines is 1. The number of nitrogens with one attached hydrogen (secondary N) is 2. The first-order valence-electron chi connectivity index (χ1n) is 5.81. The summed E-state index contributed by atoms with van der Waals surface area (Å²) in [6.45, 7) is 5.20. The summed E-state index contributed by atoms with van der Waals surface area (Å²) in [5.41, 5.74) is 1.88. The normalized spacial score (nSPS) is 10.9. The Morgan fingerprint density at radius 2 is 2.00 bits per heavy atom. The lowest BCUT2D eigenvalue weighted by atomic mass is 10.1. The lowest BCUT2D eigenvalue weighted by Gasteiger charge is -2.04. The molecule has 0 saturated heterocycles. The molecule has 0 aliphatic rings. The summed E-state index contributed by atoms with van der Waals surface area (Å²) in [5.74, 6) is 1.42. The fraction of sp³-hybridized carbons (Fsp3) is 0.308.